The van der Waals surface area contributed by atoms with E-state index in [1.807, 2.05) is 6.07 Å². The average molecular weight is 245 g/mol. The summed E-state index contributed by atoms with van der Waals surface area (Å²) in [5, 5.41) is 0. The molecular formula is C7H7AgNO2. The maximum atomic E-state index is 10.7. The van der Waals surface area contributed by atoms with E-state index in [2.05, 4.69) is 10.7 Å². The van der Waals surface area contributed by atoms with Gasteiger partial charge in [-0.25, -0.2) is 4.79 Å². The number of rotatable bonds is 1. The Balaban J connectivity index is 0.000001000. The van der Waals surface area contributed by atoms with Crippen LogP contribution in [0.15, 0.2) is 30.3 Å². The predicted octanol–water partition coefficient (Wildman–Crippen LogP) is 0.715. The summed E-state index contributed by atoms with van der Waals surface area (Å²) in [5.41, 5.74) is 0.463. The average Bonchev–Trinajstić information content (AvgIpc) is 2.05. The second-order valence-corrected chi connectivity index (χ2v) is 1.77. The van der Waals surface area contributed by atoms with Crippen molar-refractivity contribution in [2.45, 2.75) is 0 Å². The molecule has 2 N–H and O–H groups in total. The van der Waals surface area contributed by atoms with Crippen molar-refractivity contribution in [1.82, 2.24) is 0 Å². The minimum atomic E-state index is -0.513. The molecule has 0 saturated carbocycles. The Morgan fingerprint density at radius 3 is 2.27 bits per heavy atom. The molecule has 0 saturated heterocycles. The van der Waals surface area contributed by atoms with Crippen molar-refractivity contribution in [2.75, 3.05) is 0 Å². The molecule has 0 atom stereocenters. The van der Waals surface area contributed by atoms with Gasteiger partial charge in [0.1, 0.15) is 0 Å². The van der Waals surface area contributed by atoms with Crippen molar-refractivity contribution < 1.29 is 32.0 Å². The fourth-order valence-electron chi connectivity index (χ4n) is 0.642. The van der Waals surface area contributed by atoms with E-state index in [9.17, 15) is 4.79 Å². The van der Waals surface area contributed by atoms with Crippen LogP contribution in [-0.2, 0) is 27.2 Å². The molecule has 0 fully saturated rings. The standard InChI is InChI=1S/C7H7NO2.Ag/c8-10-7(9)6-4-2-1-3-5-6;/h1-5H,8H2;. The Morgan fingerprint density at radius 2 is 1.82 bits per heavy atom. The van der Waals surface area contributed by atoms with Crippen LogP contribution >= 0.6 is 0 Å². The zero-order valence-corrected chi connectivity index (χ0v) is 7.06. The normalized spacial score (nSPS) is 8.09. The number of hydrogen-bond donors (Lipinski definition) is 1. The van der Waals surface area contributed by atoms with E-state index in [4.69, 9.17) is 0 Å². The van der Waals surface area contributed by atoms with Crippen LogP contribution in [0, 0.1) is 0 Å². The molecule has 11 heavy (non-hydrogen) atoms. The molecule has 0 bridgehead atoms. The van der Waals surface area contributed by atoms with Gasteiger partial charge in [-0.05, 0) is 12.1 Å². The molecule has 1 radical (unpaired) electrons. The van der Waals surface area contributed by atoms with Gasteiger partial charge in [0.05, 0.1) is 5.56 Å². The zero-order valence-electron chi connectivity index (χ0n) is 5.58. The first-order valence-corrected chi connectivity index (χ1v) is 2.80. The summed E-state index contributed by atoms with van der Waals surface area (Å²) in [4.78, 5) is 14.7. The molecule has 1 aromatic carbocycles. The van der Waals surface area contributed by atoms with Gasteiger partial charge in [0.15, 0.2) is 0 Å². The third-order valence-electron chi connectivity index (χ3n) is 1.12. The number of nitrogens with two attached hydrogens (primary N) is 1. The van der Waals surface area contributed by atoms with Gasteiger partial charge in [0.25, 0.3) is 0 Å². The van der Waals surface area contributed by atoms with Crippen LogP contribution in [0.25, 0.3) is 0 Å². The van der Waals surface area contributed by atoms with Gasteiger partial charge in [-0.3, -0.25) is 0 Å². The monoisotopic (exact) mass is 244 g/mol. The molecule has 63 valence electrons. The molecule has 4 heteroatoms. The second-order valence-electron chi connectivity index (χ2n) is 1.77. The maximum Gasteiger partial charge on any atom is 0.356 e. The third kappa shape index (κ3) is 2.86. The molecule has 0 aliphatic rings. The predicted molar refractivity (Wildman–Crippen MR) is 36.0 cm³/mol. The molecule has 0 heterocycles. The van der Waals surface area contributed by atoms with Crippen LogP contribution in [0.5, 0.6) is 0 Å². The van der Waals surface area contributed by atoms with E-state index in [1.54, 1.807) is 24.3 Å². The van der Waals surface area contributed by atoms with Gasteiger partial charge in [0, 0.05) is 22.4 Å². The van der Waals surface area contributed by atoms with Crippen LogP contribution in [0.4, 0.5) is 0 Å². The fourth-order valence-corrected chi connectivity index (χ4v) is 0.642. The molecule has 3 nitrogen and oxygen atoms in total. The van der Waals surface area contributed by atoms with Crippen LogP contribution < -0.4 is 5.90 Å². The van der Waals surface area contributed by atoms with Crippen LogP contribution in [0.2, 0.25) is 0 Å². The van der Waals surface area contributed by atoms with Crippen LogP contribution in [0.1, 0.15) is 10.4 Å². The quantitative estimate of drug-likeness (QED) is 0.585. The molecule has 0 aromatic heterocycles. The molecular weight excluding hydrogens is 238 g/mol. The van der Waals surface area contributed by atoms with Gasteiger partial charge < -0.3 is 4.84 Å². The van der Waals surface area contributed by atoms with E-state index < -0.39 is 5.97 Å². The summed E-state index contributed by atoms with van der Waals surface area (Å²) in [6.07, 6.45) is 0. The summed E-state index contributed by atoms with van der Waals surface area (Å²) in [6, 6.07) is 8.57. The topological polar surface area (TPSA) is 52.3 Å². The second kappa shape index (κ2) is 5.10. The van der Waals surface area contributed by atoms with Gasteiger partial charge in [-0.2, -0.15) is 5.90 Å². The van der Waals surface area contributed by atoms with Crippen molar-refractivity contribution in [3.8, 4) is 0 Å². The first kappa shape index (κ1) is 10.4. The van der Waals surface area contributed by atoms with E-state index in [-0.39, 0.29) is 22.4 Å². The molecule has 0 amide bonds. The van der Waals surface area contributed by atoms with Gasteiger partial charge in [-0.15, -0.1) is 0 Å². The van der Waals surface area contributed by atoms with Crippen molar-refractivity contribution in [3.05, 3.63) is 35.9 Å². The Bertz CT molecular complexity index is 225. The van der Waals surface area contributed by atoms with Crippen LogP contribution in [0.3, 0.4) is 0 Å². The van der Waals surface area contributed by atoms with Gasteiger partial charge >= 0.3 is 5.97 Å². The fraction of sp³-hybridized carbons (Fsp3) is 0. The van der Waals surface area contributed by atoms with Crippen molar-refractivity contribution >= 4 is 5.97 Å². The minimum absolute atomic E-state index is 0. The number of carbonyl (C=O) groups excluding carboxylic acids is 1. The first-order chi connectivity index (χ1) is 4.84. The molecule has 0 unspecified atom stereocenters. The zero-order chi connectivity index (χ0) is 7.40. The van der Waals surface area contributed by atoms with E-state index in [0.717, 1.165) is 0 Å². The largest absolute Gasteiger partial charge is 0.370 e. The Morgan fingerprint density at radius 1 is 1.27 bits per heavy atom. The van der Waals surface area contributed by atoms with Crippen molar-refractivity contribution in [2.24, 2.45) is 5.90 Å². The Hall–Kier alpha value is -0.610. The minimum Gasteiger partial charge on any atom is -0.370 e. The van der Waals surface area contributed by atoms with Gasteiger partial charge in [0.2, 0.25) is 0 Å². The summed E-state index contributed by atoms with van der Waals surface area (Å²) in [7, 11) is 0. The number of benzene rings is 1. The number of hydrogen-bond acceptors (Lipinski definition) is 3. The summed E-state index contributed by atoms with van der Waals surface area (Å²) in [6.45, 7) is 0. The molecule has 1 aromatic rings. The van der Waals surface area contributed by atoms with E-state index in [1.165, 1.54) is 0 Å². The van der Waals surface area contributed by atoms with Crippen molar-refractivity contribution in [1.29, 1.82) is 0 Å². The number of carbonyl (C=O) groups is 1. The molecule has 0 aliphatic carbocycles. The van der Waals surface area contributed by atoms with Crippen LogP contribution in [-0.4, -0.2) is 5.97 Å². The first-order valence-electron chi connectivity index (χ1n) is 2.80. The molecule has 0 aliphatic heterocycles. The molecule has 0 spiro atoms. The summed E-state index contributed by atoms with van der Waals surface area (Å²) >= 11 is 0. The SMILES string of the molecule is NOC(=O)c1ccccc1.[Ag]. The Labute approximate surface area is 80.0 Å². The Kier molecular flexibility index (Phi) is 4.81. The smallest absolute Gasteiger partial charge is 0.356 e. The summed E-state index contributed by atoms with van der Waals surface area (Å²) < 4.78 is 0. The molecule has 1 rings (SSSR count). The van der Waals surface area contributed by atoms with E-state index >= 15 is 0 Å². The maximum absolute atomic E-state index is 10.7. The van der Waals surface area contributed by atoms with Gasteiger partial charge in [-0.1, -0.05) is 18.2 Å². The third-order valence-corrected chi connectivity index (χ3v) is 1.12. The van der Waals surface area contributed by atoms with Crippen molar-refractivity contribution in [3.63, 3.8) is 0 Å². The van der Waals surface area contributed by atoms with E-state index in [0.29, 0.717) is 5.56 Å². The summed E-state index contributed by atoms with van der Waals surface area (Å²) in [5.74, 6) is 4.14.